The maximum absolute atomic E-state index is 7.08. The highest BCUT2D eigenvalue weighted by molar-refractivity contribution is 5.88. The zero-order valence-corrected chi connectivity index (χ0v) is 46.5. The number of nitrogens with zero attached hydrogens (tertiary/aromatic N) is 3. The molecule has 0 radical (unpaired) electrons. The van der Waals surface area contributed by atoms with E-state index in [1.807, 2.05) is 18.2 Å². The molecule has 5 nitrogen and oxygen atoms in total. The van der Waals surface area contributed by atoms with E-state index in [0.29, 0.717) is 23.0 Å². The van der Waals surface area contributed by atoms with Gasteiger partial charge < -0.3 is 19.3 Å². The van der Waals surface area contributed by atoms with Crippen LogP contribution in [0, 0.1) is 0 Å². The lowest BCUT2D eigenvalue weighted by atomic mass is 9.73. The lowest BCUT2D eigenvalue weighted by Crippen LogP contribution is -2.30. The van der Waals surface area contributed by atoms with Crippen LogP contribution >= 0.6 is 0 Å². The summed E-state index contributed by atoms with van der Waals surface area (Å²) in [5.41, 5.74) is 19.6. The maximum atomic E-state index is 7.08. The molecule has 2 aliphatic heterocycles. The van der Waals surface area contributed by atoms with Crippen LogP contribution in [-0.4, -0.2) is 4.98 Å². The second-order valence-corrected chi connectivity index (χ2v) is 24.2. The highest BCUT2D eigenvalue weighted by Gasteiger charge is 2.38. The van der Waals surface area contributed by atoms with Crippen molar-refractivity contribution in [3.8, 4) is 56.6 Å². The number of rotatable bonds is 9. The Balaban J connectivity index is 1.00. The summed E-state index contributed by atoms with van der Waals surface area (Å²) in [5, 5.41) is 0. The summed E-state index contributed by atoms with van der Waals surface area (Å²) in [6, 6.07) is 80.0. The first-order valence-corrected chi connectivity index (χ1v) is 27.3. The number of para-hydroxylation sites is 4. The summed E-state index contributed by atoms with van der Waals surface area (Å²) in [6.45, 7) is 23.0. The van der Waals surface area contributed by atoms with Crippen molar-refractivity contribution in [2.75, 3.05) is 9.80 Å². The molecule has 3 heterocycles. The van der Waals surface area contributed by atoms with Gasteiger partial charge in [0.1, 0.15) is 23.0 Å². The Kier molecular flexibility index (Phi) is 12.3. The number of ether oxygens (including phenoxy) is 2. The van der Waals surface area contributed by atoms with E-state index in [1.165, 1.54) is 33.4 Å². The van der Waals surface area contributed by atoms with Crippen LogP contribution in [0.5, 0.6) is 23.0 Å². The van der Waals surface area contributed by atoms with E-state index in [2.05, 4.69) is 285 Å². The minimum absolute atomic E-state index is 0.0602. The van der Waals surface area contributed by atoms with E-state index in [1.54, 1.807) is 0 Å². The van der Waals surface area contributed by atoms with Gasteiger partial charge in [0, 0.05) is 51.5 Å². The predicted octanol–water partition coefficient (Wildman–Crippen LogP) is 20.5. The molecule has 12 rings (SSSR count). The number of benzene rings is 9. The van der Waals surface area contributed by atoms with Crippen molar-refractivity contribution in [1.82, 2.24) is 4.98 Å². The monoisotopic (exact) mass is 1020 g/mol. The Morgan fingerprint density at radius 2 is 0.692 bits per heavy atom. The van der Waals surface area contributed by atoms with Gasteiger partial charge in [0.05, 0.1) is 34.1 Å². The average Bonchev–Trinajstić information content (AvgIpc) is 3.61. The summed E-state index contributed by atoms with van der Waals surface area (Å²) >= 11 is 0. The zero-order valence-electron chi connectivity index (χ0n) is 46.5. The van der Waals surface area contributed by atoms with Crippen LogP contribution in [0.1, 0.15) is 103 Å². The third-order valence-electron chi connectivity index (χ3n) is 16.0. The van der Waals surface area contributed by atoms with Gasteiger partial charge in [-0.1, -0.05) is 203 Å². The highest BCUT2D eigenvalue weighted by Crippen LogP contribution is 2.54. The fourth-order valence-electron chi connectivity index (χ4n) is 11.6. The molecule has 0 aliphatic carbocycles. The zero-order chi connectivity index (χ0) is 54.1. The minimum Gasteiger partial charge on any atom is -0.457 e. The van der Waals surface area contributed by atoms with Crippen molar-refractivity contribution >= 4 is 34.1 Å². The van der Waals surface area contributed by atoms with E-state index in [-0.39, 0.29) is 21.7 Å². The van der Waals surface area contributed by atoms with Crippen LogP contribution in [0.25, 0.3) is 33.6 Å². The van der Waals surface area contributed by atoms with Crippen molar-refractivity contribution in [2.24, 2.45) is 0 Å². The molecular weight excluding hydrogens is 951 g/mol. The predicted molar refractivity (Wildman–Crippen MR) is 325 cm³/mol. The fraction of sp³-hybridized carbons (Fsp3) is 0.192. The average molecular weight is 1020 g/mol. The van der Waals surface area contributed by atoms with Gasteiger partial charge in [-0.3, -0.25) is 0 Å². The topological polar surface area (TPSA) is 37.8 Å². The summed E-state index contributed by atoms with van der Waals surface area (Å²) in [6.07, 6.45) is 0. The number of pyridine rings is 1. The SMILES string of the molecule is CC(C)(C)c1cc(-c2cc(-c3ccccc3)nc(-c3cc(Oc4cccc(N5c6ccccc6C(C)(C)c6ccccc65)c4)cc(Oc4cccc(N5c6ccccc6C(C)(C)c6ccccc65)c4)c3)c2)cc(C(C)(C)C)c1. The normalized spacial score (nSPS) is 14.2. The van der Waals surface area contributed by atoms with Crippen LogP contribution in [-0.2, 0) is 21.7 Å². The van der Waals surface area contributed by atoms with Gasteiger partial charge in [0.15, 0.2) is 0 Å². The molecular formula is C73H67N3O2. The first kappa shape index (κ1) is 50.2. The summed E-state index contributed by atoms with van der Waals surface area (Å²) in [5.74, 6) is 2.64. The molecule has 0 amide bonds. The summed E-state index contributed by atoms with van der Waals surface area (Å²) in [7, 11) is 0. The van der Waals surface area contributed by atoms with Gasteiger partial charge in [-0.15, -0.1) is 0 Å². The number of aromatic nitrogens is 1. The van der Waals surface area contributed by atoms with Gasteiger partial charge >= 0.3 is 0 Å². The Morgan fingerprint density at radius 3 is 1.10 bits per heavy atom. The second kappa shape index (κ2) is 19.1. The van der Waals surface area contributed by atoms with Crippen molar-refractivity contribution in [1.29, 1.82) is 0 Å². The lowest BCUT2D eigenvalue weighted by Gasteiger charge is -2.42. The van der Waals surface area contributed by atoms with Crippen molar-refractivity contribution in [3.05, 3.63) is 258 Å². The van der Waals surface area contributed by atoms with Gasteiger partial charge in [-0.2, -0.15) is 0 Å². The molecule has 386 valence electrons. The van der Waals surface area contributed by atoms with Crippen molar-refractivity contribution in [3.63, 3.8) is 0 Å². The first-order valence-electron chi connectivity index (χ1n) is 27.3. The van der Waals surface area contributed by atoms with E-state index in [4.69, 9.17) is 14.5 Å². The van der Waals surface area contributed by atoms with E-state index in [0.717, 1.165) is 67.8 Å². The second-order valence-electron chi connectivity index (χ2n) is 24.2. The molecule has 0 saturated carbocycles. The molecule has 10 aromatic rings. The molecule has 0 saturated heterocycles. The number of hydrogen-bond donors (Lipinski definition) is 0. The fourth-order valence-corrected chi connectivity index (χ4v) is 11.6. The Bertz CT molecular complexity index is 3610. The molecule has 9 aromatic carbocycles. The first-order chi connectivity index (χ1) is 37.4. The Labute approximate surface area is 461 Å². The van der Waals surface area contributed by atoms with Crippen LogP contribution < -0.4 is 19.3 Å². The molecule has 0 unspecified atom stereocenters. The van der Waals surface area contributed by atoms with Gasteiger partial charge in [-0.05, 0) is 128 Å². The van der Waals surface area contributed by atoms with Crippen molar-refractivity contribution < 1.29 is 9.47 Å². The van der Waals surface area contributed by atoms with E-state index < -0.39 is 0 Å². The standard InChI is InChI=1S/C73H67N3O2/c1-70(2,3)52-38-49(39-53(44-52)71(4,5)6)50-42-64(48-24-12-11-13-25-48)74-65(43-50)51-40-58(77-56-28-22-26-54(45-56)75-66-34-18-14-30-60(66)72(7,8)61-31-15-19-35-67(61)75)47-59(41-51)78-57-29-23-27-55(46-57)76-68-36-20-16-32-62(68)73(9,10)63-33-17-21-37-69(63)76/h11-47H,1-10H3. The maximum Gasteiger partial charge on any atom is 0.131 e. The van der Waals surface area contributed by atoms with Crippen molar-refractivity contribution in [2.45, 2.75) is 90.9 Å². The molecule has 0 bridgehead atoms. The van der Waals surface area contributed by atoms with Gasteiger partial charge in [-0.25, -0.2) is 4.98 Å². The molecule has 0 fully saturated rings. The number of anilines is 6. The van der Waals surface area contributed by atoms with Crippen LogP contribution in [0.4, 0.5) is 34.1 Å². The van der Waals surface area contributed by atoms with E-state index in [9.17, 15) is 0 Å². The molecule has 0 N–H and O–H groups in total. The highest BCUT2D eigenvalue weighted by atomic mass is 16.5. The Morgan fingerprint density at radius 1 is 0.321 bits per heavy atom. The number of fused-ring (bicyclic) bond motifs is 4. The molecule has 5 heteroatoms. The van der Waals surface area contributed by atoms with E-state index >= 15 is 0 Å². The van der Waals surface area contributed by atoms with Crippen LogP contribution in [0.3, 0.4) is 0 Å². The van der Waals surface area contributed by atoms with Gasteiger partial charge in [0.2, 0.25) is 0 Å². The van der Waals surface area contributed by atoms with Gasteiger partial charge in [0.25, 0.3) is 0 Å². The summed E-state index contributed by atoms with van der Waals surface area (Å²) < 4.78 is 14.2. The molecule has 0 atom stereocenters. The molecule has 0 spiro atoms. The van der Waals surface area contributed by atoms with Crippen LogP contribution in [0.15, 0.2) is 224 Å². The summed E-state index contributed by atoms with van der Waals surface area (Å²) in [4.78, 5) is 10.2. The quantitative estimate of drug-likeness (QED) is 0.144. The molecule has 1 aromatic heterocycles. The van der Waals surface area contributed by atoms with Crippen LogP contribution in [0.2, 0.25) is 0 Å². The minimum atomic E-state index is -0.177. The molecule has 78 heavy (non-hydrogen) atoms. The molecule has 2 aliphatic rings. The third kappa shape index (κ3) is 9.21. The Hall–Kier alpha value is -8.67. The lowest BCUT2D eigenvalue weighted by molar-refractivity contribution is 0.461. The smallest absolute Gasteiger partial charge is 0.131 e. The number of hydrogen-bond acceptors (Lipinski definition) is 5. The largest absolute Gasteiger partial charge is 0.457 e. The third-order valence-corrected chi connectivity index (χ3v) is 16.0.